The SMILES string of the molecule is C[C@]1(NS(=O)(=O)c2cccc(OC(F)(F)F)c2)CCS(=O)(=O)C1. The monoisotopic (exact) mass is 373 g/mol. The highest BCUT2D eigenvalue weighted by molar-refractivity contribution is 7.92. The van der Waals surface area contributed by atoms with Crippen molar-refractivity contribution in [2.45, 2.75) is 30.1 Å². The zero-order valence-corrected chi connectivity index (χ0v) is 13.6. The Kier molecular flexibility index (Phi) is 4.41. The second kappa shape index (κ2) is 5.64. The van der Waals surface area contributed by atoms with Crippen LogP contribution in [0.4, 0.5) is 13.2 Å². The number of sulfonamides is 1. The molecule has 0 aromatic heterocycles. The van der Waals surface area contributed by atoms with Gasteiger partial charge in [0.2, 0.25) is 10.0 Å². The van der Waals surface area contributed by atoms with E-state index in [-0.39, 0.29) is 17.9 Å². The largest absolute Gasteiger partial charge is 0.573 e. The van der Waals surface area contributed by atoms with E-state index in [0.29, 0.717) is 0 Å². The van der Waals surface area contributed by atoms with Crippen LogP contribution in [0.3, 0.4) is 0 Å². The topological polar surface area (TPSA) is 89.5 Å². The maximum Gasteiger partial charge on any atom is 0.573 e. The molecule has 0 saturated carbocycles. The van der Waals surface area contributed by atoms with Gasteiger partial charge in [0, 0.05) is 11.6 Å². The molecule has 130 valence electrons. The maximum absolute atomic E-state index is 12.3. The van der Waals surface area contributed by atoms with Gasteiger partial charge in [0.05, 0.1) is 16.4 Å². The summed E-state index contributed by atoms with van der Waals surface area (Å²) < 4.78 is 90.1. The number of benzene rings is 1. The van der Waals surface area contributed by atoms with E-state index in [1.807, 2.05) is 0 Å². The van der Waals surface area contributed by atoms with Gasteiger partial charge in [0.25, 0.3) is 0 Å². The molecule has 1 fully saturated rings. The number of sulfone groups is 1. The van der Waals surface area contributed by atoms with Gasteiger partial charge in [-0.15, -0.1) is 13.2 Å². The summed E-state index contributed by atoms with van der Waals surface area (Å²) in [6, 6.07) is 3.89. The third kappa shape index (κ3) is 4.82. The van der Waals surface area contributed by atoms with Crippen molar-refractivity contribution in [1.82, 2.24) is 4.72 Å². The van der Waals surface area contributed by atoms with Gasteiger partial charge in [-0.3, -0.25) is 0 Å². The predicted octanol–water partition coefficient (Wildman–Crippen LogP) is 1.44. The molecular formula is C12H14F3NO5S2. The minimum atomic E-state index is -4.94. The van der Waals surface area contributed by atoms with Crippen molar-refractivity contribution in [3.8, 4) is 5.75 Å². The second-order valence-corrected chi connectivity index (χ2v) is 9.40. The zero-order chi connectivity index (χ0) is 17.5. The van der Waals surface area contributed by atoms with E-state index in [1.54, 1.807) is 0 Å². The molecule has 0 unspecified atom stereocenters. The second-order valence-electron chi connectivity index (χ2n) is 5.53. The van der Waals surface area contributed by atoms with Gasteiger partial charge in [-0.1, -0.05) is 6.07 Å². The van der Waals surface area contributed by atoms with Gasteiger partial charge >= 0.3 is 6.36 Å². The molecule has 0 aliphatic carbocycles. The Labute approximate surface area is 131 Å². The van der Waals surface area contributed by atoms with Crippen molar-refractivity contribution in [2.24, 2.45) is 0 Å². The first-order valence-electron chi connectivity index (χ1n) is 6.41. The van der Waals surface area contributed by atoms with Crippen LogP contribution < -0.4 is 9.46 Å². The molecule has 6 nitrogen and oxygen atoms in total. The summed E-state index contributed by atoms with van der Waals surface area (Å²) in [4.78, 5) is -0.440. The van der Waals surface area contributed by atoms with Gasteiger partial charge in [-0.2, -0.15) is 0 Å². The Morgan fingerprint density at radius 1 is 1.30 bits per heavy atom. The normalized spacial score (nSPS) is 24.5. The lowest BCUT2D eigenvalue weighted by Crippen LogP contribution is -2.46. The Bertz CT molecular complexity index is 804. The van der Waals surface area contributed by atoms with Crippen LogP contribution in [0, 0.1) is 0 Å². The summed E-state index contributed by atoms with van der Waals surface area (Å²) in [6.07, 6.45) is -4.85. The van der Waals surface area contributed by atoms with Crippen molar-refractivity contribution >= 4 is 19.9 Å². The Hall–Kier alpha value is -1.33. The lowest BCUT2D eigenvalue weighted by atomic mass is 10.0. The van der Waals surface area contributed by atoms with Crippen LogP contribution in [0.1, 0.15) is 13.3 Å². The summed E-state index contributed by atoms with van der Waals surface area (Å²) >= 11 is 0. The first-order chi connectivity index (χ1) is 10.3. The van der Waals surface area contributed by atoms with E-state index in [0.717, 1.165) is 24.3 Å². The fourth-order valence-corrected chi connectivity index (χ4v) is 5.97. The number of rotatable bonds is 4. The van der Waals surface area contributed by atoms with Crippen LogP contribution in [0.25, 0.3) is 0 Å². The highest BCUT2D eigenvalue weighted by Gasteiger charge is 2.41. The van der Waals surface area contributed by atoms with Gasteiger partial charge in [-0.05, 0) is 25.5 Å². The molecule has 1 N–H and O–H groups in total. The molecule has 1 atom stereocenters. The number of hydrogen-bond acceptors (Lipinski definition) is 5. The fraction of sp³-hybridized carbons (Fsp3) is 0.500. The minimum absolute atomic E-state index is 0.0906. The number of nitrogens with one attached hydrogen (secondary N) is 1. The molecular weight excluding hydrogens is 359 g/mol. The molecule has 1 saturated heterocycles. The van der Waals surface area contributed by atoms with E-state index in [4.69, 9.17) is 0 Å². The molecule has 0 spiro atoms. The van der Waals surface area contributed by atoms with Crippen LogP contribution in [0.2, 0.25) is 0 Å². The van der Waals surface area contributed by atoms with E-state index in [1.165, 1.54) is 6.92 Å². The van der Waals surface area contributed by atoms with Crippen LogP contribution in [0.5, 0.6) is 5.75 Å². The third-order valence-electron chi connectivity index (χ3n) is 3.23. The van der Waals surface area contributed by atoms with E-state index in [9.17, 15) is 30.0 Å². The van der Waals surface area contributed by atoms with Crippen molar-refractivity contribution < 1.29 is 34.7 Å². The van der Waals surface area contributed by atoms with E-state index >= 15 is 0 Å². The Morgan fingerprint density at radius 2 is 1.96 bits per heavy atom. The quantitative estimate of drug-likeness (QED) is 0.863. The average molecular weight is 373 g/mol. The van der Waals surface area contributed by atoms with Crippen molar-refractivity contribution in [1.29, 1.82) is 0 Å². The van der Waals surface area contributed by atoms with Gasteiger partial charge in [0.1, 0.15) is 5.75 Å². The minimum Gasteiger partial charge on any atom is -0.406 e. The molecule has 2 rings (SSSR count). The smallest absolute Gasteiger partial charge is 0.406 e. The molecule has 1 aliphatic rings. The molecule has 1 aromatic carbocycles. The Balaban J connectivity index is 2.25. The molecule has 23 heavy (non-hydrogen) atoms. The summed E-state index contributed by atoms with van der Waals surface area (Å²) in [7, 11) is -7.53. The number of ether oxygens (including phenoxy) is 1. The van der Waals surface area contributed by atoms with Crippen LogP contribution in [0.15, 0.2) is 29.2 Å². The first kappa shape index (κ1) is 18.0. The van der Waals surface area contributed by atoms with Crippen molar-refractivity contribution in [3.05, 3.63) is 24.3 Å². The van der Waals surface area contributed by atoms with E-state index < -0.39 is 42.4 Å². The molecule has 1 heterocycles. The van der Waals surface area contributed by atoms with Gasteiger partial charge in [-0.25, -0.2) is 21.6 Å². The average Bonchev–Trinajstić information content (AvgIpc) is 2.60. The standard InChI is InChI=1S/C12H14F3NO5S2/c1-11(5-6-22(17,18)8-11)16-23(19,20)10-4-2-3-9(7-10)21-12(13,14)15/h2-4,7,16H,5-6,8H2,1H3/t11-/m0/s1. The molecule has 1 aliphatic heterocycles. The molecule has 1 aromatic rings. The number of alkyl halides is 3. The third-order valence-corrected chi connectivity index (χ3v) is 6.77. The molecule has 0 radical (unpaired) electrons. The summed E-state index contributed by atoms with van der Waals surface area (Å²) in [5, 5.41) is 0. The van der Waals surface area contributed by atoms with Crippen molar-refractivity contribution in [3.63, 3.8) is 0 Å². The van der Waals surface area contributed by atoms with Crippen molar-refractivity contribution in [2.75, 3.05) is 11.5 Å². The first-order valence-corrected chi connectivity index (χ1v) is 9.71. The predicted molar refractivity (Wildman–Crippen MR) is 75.1 cm³/mol. The molecule has 11 heteroatoms. The molecule has 0 bridgehead atoms. The summed E-state index contributed by atoms with van der Waals surface area (Å²) in [5.41, 5.74) is -1.20. The lowest BCUT2D eigenvalue weighted by molar-refractivity contribution is -0.274. The van der Waals surface area contributed by atoms with Crippen LogP contribution in [-0.2, 0) is 19.9 Å². The van der Waals surface area contributed by atoms with Crippen LogP contribution >= 0.6 is 0 Å². The summed E-state index contributed by atoms with van der Waals surface area (Å²) in [6.45, 7) is 1.44. The molecule has 0 amide bonds. The Morgan fingerprint density at radius 3 is 2.48 bits per heavy atom. The number of hydrogen-bond donors (Lipinski definition) is 1. The summed E-state index contributed by atoms with van der Waals surface area (Å²) in [5.74, 6) is -1.19. The highest BCUT2D eigenvalue weighted by atomic mass is 32.2. The zero-order valence-electron chi connectivity index (χ0n) is 11.9. The van der Waals surface area contributed by atoms with Gasteiger partial charge < -0.3 is 4.74 Å². The van der Waals surface area contributed by atoms with Gasteiger partial charge in [0.15, 0.2) is 9.84 Å². The highest BCUT2D eigenvalue weighted by Crippen LogP contribution is 2.28. The lowest BCUT2D eigenvalue weighted by Gasteiger charge is -2.23. The number of halogens is 3. The van der Waals surface area contributed by atoms with Crippen LogP contribution in [-0.4, -0.2) is 40.2 Å². The fourth-order valence-electron chi connectivity index (χ4n) is 2.31. The van der Waals surface area contributed by atoms with E-state index in [2.05, 4.69) is 9.46 Å². The maximum atomic E-state index is 12.3.